The Labute approximate surface area is 128 Å². The van der Waals surface area contributed by atoms with Gasteiger partial charge in [0.15, 0.2) is 0 Å². The fourth-order valence-electron chi connectivity index (χ4n) is 2.55. The summed E-state index contributed by atoms with van der Waals surface area (Å²) in [6.07, 6.45) is 2.24. The summed E-state index contributed by atoms with van der Waals surface area (Å²) < 4.78 is 11.4. The van der Waals surface area contributed by atoms with Gasteiger partial charge in [-0.15, -0.1) is 0 Å². The number of hydrogen-bond acceptors (Lipinski definition) is 4. The van der Waals surface area contributed by atoms with E-state index in [0.29, 0.717) is 0 Å². The summed E-state index contributed by atoms with van der Waals surface area (Å²) in [4.78, 5) is 4.63. The van der Waals surface area contributed by atoms with E-state index in [0.717, 1.165) is 64.6 Å². The summed E-state index contributed by atoms with van der Waals surface area (Å²) in [6, 6.07) is 8.42. The molecule has 0 N–H and O–H groups in total. The number of hydrogen-bond donors (Lipinski definition) is 0. The number of morpholine rings is 1. The van der Waals surface area contributed by atoms with E-state index in [4.69, 9.17) is 9.47 Å². The predicted octanol–water partition coefficient (Wildman–Crippen LogP) is 1.89. The van der Waals surface area contributed by atoms with E-state index < -0.39 is 0 Å². The van der Waals surface area contributed by atoms with Crippen molar-refractivity contribution in [2.75, 3.05) is 60.1 Å². The third-order valence-electron chi connectivity index (χ3n) is 3.79. The van der Waals surface area contributed by atoms with Crippen molar-refractivity contribution < 1.29 is 9.47 Å². The second-order valence-corrected chi connectivity index (χ2v) is 5.82. The number of rotatable bonds is 8. The number of para-hydroxylation sites is 1. The molecule has 0 spiro atoms. The Balaban J connectivity index is 1.76. The van der Waals surface area contributed by atoms with Crippen LogP contribution in [-0.2, 0) is 11.2 Å². The number of aryl methyl sites for hydroxylation is 1. The minimum Gasteiger partial charge on any atom is -0.492 e. The van der Waals surface area contributed by atoms with Crippen molar-refractivity contribution in [3.8, 4) is 5.75 Å². The van der Waals surface area contributed by atoms with Crippen molar-refractivity contribution in [3.63, 3.8) is 0 Å². The molecule has 0 unspecified atom stereocenters. The van der Waals surface area contributed by atoms with Crippen LogP contribution in [0.2, 0.25) is 0 Å². The van der Waals surface area contributed by atoms with Crippen LogP contribution in [0.3, 0.4) is 0 Å². The molecule has 1 fully saturated rings. The molecule has 0 aliphatic carbocycles. The fraction of sp³-hybridized carbons (Fsp3) is 0.647. The number of ether oxygens (including phenoxy) is 2. The largest absolute Gasteiger partial charge is 0.492 e. The van der Waals surface area contributed by atoms with Crippen LogP contribution >= 0.6 is 0 Å². The summed E-state index contributed by atoms with van der Waals surface area (Å²) in [7, 11) is 4.23. The van der Waals surface area contributed by atoms with Crippen LogP contribution in [0.25, 0.3) is 0 Å². The van der Waals surface area contributed by atoms with E-state index >= 15 is 0 Å². The smallest absolute Gasteiger partial charge is 0.122 e. The molecule has 0 aromatic heterocycles. The lowest BCUT2D eigenvalue weighted by Crippen LogP contribution is -2.38. The van der Waals surface area contributed by atoms with Gasteiger partial charge in [-0.3, -0.25) is 4.90 Å². The summed E-state index contributed by atoms with van der Waals surface area (Å²) in [6.45, 7) is 6.59. The quantitative estimate of drug-likeness (QED) is 0.730. The fourth-order valence-corrected chi connectivity index (χ4v) is 2.55. The average Bonchev–Trinajstić information content (AvgIpc) is 2.49. The van der Waals surface area contributed by atoms with Crippen LogP contribution < -0.4 is 4.74 Å². The minimum atomic E-state index is 0.755. The number of nitrogens with zero attached hydrogens (tertiary/aromatic N) is 2. The molecule has 4 nitrogen and oxygen atoms in total. The summed E-state index contributed by atoms with van der Waals surface area (Å²) >= 11 is 0. The monoisotopic (exact) mass is 292 g/mol. The summed E-state index contributed by atoms with van der Waals surface area (Å²) in [5.74, 6) is 1.05. The third kappa shape index (κ3) is 6.04. The lowest BCUT2D eigenvalue weighted by atomic mass is 10.1. The standard InChI is InChI=1S/C17H28N2O2/c1-18(2)9-5-7-16-6-3-4-8-17(16)21-15-12-19-10-13-20-14-11-19/h3-4,6,8H,5,7,9-15H2,1-2H3. The zero-order valence-electron chi connectivity index (χ0n) is 13.4. The molecule has 1 aromatic carbocycles. The summed E-state index contributed by atoms with van der Waals surface area (Å²) in [5.41, 5.74) is 1.32. The van der Waals surface area contributed by atoms with Crippen molar-refractivity contribution in [2.45, 2.75) is 12.8 Å². The van der Waals surface area contributed by atoms with Gasteiger partial charge in [0.1, 0.15) is 12.4 Å². The van der Waals surface area contributed by atoms with Crippen molar-refractivity contribution in [3.05, 3.63) is 29.8 Å². The van der Waals surface area contributed by atoms with Crippen molar-refractivity contribution in [1.82, 2.24) is 9.80 Å². The van der Waals surface area contributed by atoms with Gasteiger partial charge in [0.2, 0.25) is 0 Å². The Morgan fingerprint density at radius 2 is 1.95 bits per heavy atom. The van der Waals surface area contributed by atoms with E-state index in [1.165, 1.54) is 5.56 Å². The molecule has 2 rings (SSSR count). The molecule has 118 valence electrons. The van der Waals surface area contributed by atoms with Crippen LogP contribution in [-0.4, -0.2) is 69.9 Å². The third-order valence-corrected chi connectivity index (χ3v) is 3.79. The van der Waals surface area contributed by atoms with Gasteiger partial charge in [-0.2, -0.15) is 0 Å². The maximum Gasteiger partial charge on any atom is 0.122 e. The highest BCUT2D eigenvalue weighted by molar-refractivity contribution is 5.33. The lowest BCUT2D eigenvalue weighted by Gasteiger charge is -2.26. The average molecular weight is 292 g/mol. The van der Waals surface area contributed by atoms with Gasteiger partial charge in [0.05, 0.1) is 13.2 Å². The van der Waals surface area contributed by atoms with Gasteiger partial charge in [-0.1, -0.05) is 18.2 Å². The van der Waals surface area contributed by atoms with E-state index in [-0.39, 0.29) is 0 Å². The second-order valence-electron chi connectivity index (χ2n) is 5.82. The Hall–Kier alpha value is -1.10. The van der Waals surface area contributed by atoms with Crippen LogP contribution in [0.4, 0.5) is 0 Å². The van der Waals surface area contributed by atoms with E-state index in [1.54, 1.807) is 0 Å². The zero-order chi connectivity index (χ0) is 14.9. The molecule has 21 heavy (non-hydrogen) atoms. The van der Waals surface area contributed by atoms with E-state index in [9.17, 15) is 0 Å². The van der Waals surface area contributed by atoms with Crippen LogP contribution in [0.1, 0.15) is 12.0 Å². The first kappa shape index (κ1) is 16.3. The minimum absolute atomic E-state index is 0.755. The predicted molar refractivity (Wildman–Crippen MR) is 86.1 cm³/mol. The summed E-state index contributed by atoms with van der Waals surface area (Å²) in [5, 5.41) is 0. The van der Waals surface area contributed by atoms with Crippen LogP contribution in [0.5, 0.6) is 5.75 Å². The first-order chi connectivity index (χ1) is 10.3. The molecule has 0 saturated carbocycles. The van der Waals surface area contributed by atoms with Gasteiger partial charge in [0, 0.05) is 19.6 Å². The van der Waals surface area contributed by atoms with Gasteiger partial charge in [-0.25, -0.2) is 0 Å². The highest BCUT2D eigenvalue weighted by Gasteiger charge is 2.10. The second kappa shape index (κ2) is 9.03. The maximum atomic E-state index is 6.00. The Morgan fingerprint density at radius 3 is 2.71 bits per heavy atom. The highest BCUT2D eigenvalue weighted by Crippen LogP contribution is 2.19. The van der Waals surface area contributed by atoms with Crippen molar-refractivity contribution in [1.29, 1.82) is 0 Å². The van der Waals surface area contributed by atoms with Gasteiger partial charge in [-0.05, 0) is 45.1 Å². The van der Waals surface area contributed by atoms with Crippen LogP contribution in [0, 0.1) is 0 Å². The Kier molecular flexibility index (Phi) is 7.00. The van der Waals surface area contributed by atoms with Gasteiger partial charge in [0.25, 0.3) is 0 Å². The SMILES string of the molecule is CN(C)CCCc1ccccc1OCCN1CCOCC1. The van der Waals surface area contributed by atoms with Crippen LogP contribution in [0.15, 0.2) is 24.3 Å². The lowest BCUT2D eigenvalue weighted by molar-refractivity contribution is 0.0322. The molecule has 1 heterocycles. The molecule has 1 aliphatic heterocycles. The molecule has 0 radical (unpaired) electrons. The topological polar surface area (TPSA) is 24.9 Å². The van der Waals surface area contributed by atoms with Crippen molar-refractivity contribution in [2.24, 2.45) is 0 Å². The Morgan fingerprint density at radius 1 is 1.19 bits per heavy atom. The molecule has 1 aliphatic rings. The molecule has 0 amide bonds. The van der Waals surface area contributed by atoms with Gasteiger partial charge < -0.3 is 14.4 Å². The molecular weight excluding hydrogens is 264 g/mol. The first-order valence-corrected chi connectivity index (χ1v) is 7.91. The molecule has 4 heteroatoms. The molecule has 0 atom stereocenters. The van der Waals surface area contributed by atoms with Gasteiger partial charge >= 0.3 is 0 Å². The normalized spacial score (nSPS) is 16.3. The molecule has 1 aromatic rings. The molecule has 0 bridgehead atoms. The highest BCUT2D eigenvalue weighted by atomic mass is 16.5. The van der Waals surface area contributed by atoms with E-state index in [1.807, 2.05) is 0 Å². The molecule has 1 saturated heterocycles. The zero-order valence-corrected chi connectivity index (χ0v) is 13.4. The maximum absolute atomic E-state index is 6.00. The Bertz CT molecular complexity index is 404. The van der Waals surface area contributed by atoms with Crippen molar-refractivity contribution >= 4 is 0 Å². The number of benzene rings is 1. The first-order valence-electron chi connectivity index (χ1n) is 7.91. The van der Waals surface area contributed by atoms with E-state index in [2.05, 4.69) is 48.2 Å². The molecular formula is C17H28N2O2.